The largest absolute Gasteiger partial charge is 0.294 e. The van der Waals surface area contributed by atoms with Gasteiger partial charge in [-0.1, -0.05) is 28.1 Å². The van der Waals surface area contributed by atoms with Gasteiger partial charge < -0.3 is 0 Å². The maximum atomic E-state index is 11.9. The number of carbonyl (C=O) groups excluding carboxylic acids is 1. The molecule has 19 heavy (non-hydrogen) atoms. The van der Waals surface area contributed by atoms with Gasteiger partial charge in [0.15, 0.2) is 5.78 Å². The number of pyridine rings is 1. The summed E-state index contributed by atoms with van der Waals surface area (Å²) in [6, 6.07) is 11.5. The molecule has 2 rings (SSSR count). The molecule has 0 N–H and O–H groups in total. The van der Waals surface area contributed by atoms with E-state index in [0.29, 0.717) is 6.42 Å². The Morgan fingerprint density at radius 3 is 2.47 bits per heavy atom. The predicted octanol–water partition coefficient (Wildman–Crippen LogP) is 4.60. The van der Waals surface area contributed by atoms with E-state index in [4.69, 9.17) is 0 Å². The number of ketones is 1. The molecule has 1 heterocycles. The molecule has 0 atom stereocenters. The Balaban J connectivity index is 1.74. The lowest BCUT2D eigenvalue weighted by Crippen LogP contribution is -1.99. The van der Waals surface area contributed by atoms with Crippen molar-refractivity contribution in [2.45, 2.75) is 17.7 Å². The maximum absolute atomic E-state index is 11.9. The number of nitrogens with zero attached hydrogens (tertiary/aromatic N) is 1. The van der Waals surface area contributed by atoms with Crippen molar-refractivity contribution in [3.05, 3.63) is 58.8 Å². The summed E-state index contributed by atoms with van der Waals surface area (Å²) in [7, 11) is 0. The zero-order valence-electron chi connectivity index (χ0n) is 10.4. The van der Waals surface area contributed by atoms with Gasteiger partial charge in [-0.2, -0.15) is 0 Å². The minimum Gasteiger partial charge on any atom is -0.294 e. The summed E-state index contributed by atoms with van der Waals surface area (Å²) in [6.45, 7) is 0. The molecule has 98 valence electrons. The third kappa shape index (κ3) is 4.80. The highest BCUT2D eigenvalue weighted by molar-refractivity contribution is 9.10. The molecule has 0 unspecified atom stereocenters. The molecule has 0 bridgehead atoms. The van der Waals surface area contributed by atoms with E-state index in [1.165, 1.54) is 4.90 Å². The fourth-order valence-corrected chi connectivity index (χ4v) is 2.74. The SMILES string of the molecule is O=C(CCCSc1ccncc1)c1ccc(Br)cc1. The molecule has 4 heteroatoms. The van der Waals surface area contributed by atoms with Crippen LogP contribution in [0, 0.1) is 0 Å². The van der Waals surface area contributed by atoms with Gasteiger partial charge >= 0.3 is 0 Å². The number of Topliss-reactive ketones (excluding diaryl/α,β-unsaturated/α-hetero) is 1. The van der Waals surface area contributed by atoms with Gasteiger partial charge in [0, 0.05) is 33.7 Å². The van der Waals surface area contributed by atoms with Crippen LogP contribution >= 0.6 is 27.7 Å². The van der Waals surface area contributed by atoms with E-state index in [1.54, 1.807) is 24.2 Å². The van der Waals surface area contributed by atoms with Crippen LogP contribution in [0.1, 0.15) is 23.2 Å². The molecule has 0 saturated heterocycles. The number of thioether (sulfide) groups is 1. The van der Waals surface area contributed by atoms with Gasteiger partial charge in [0.2, 0.25) is 0 Å². The monoisotopic (exact) mass is 335 g/mol. The molecule has 0 saturated carbocycles. The zero-order valence-corrected chi connectivity index (χ0v) is 12.8. The Labute approximate surface area is 125 Å². The molecule has 0 aliphatic carbocycles. The van der Waals surface area contributed by atoms with Crippen molar-refractivity contribution in [2.75, 3.05) is 5.75 Å². The highest BCUT2D eigenvalue weighted by atomic mass is 79.9. The fourth-order valence-electron chi connectivity index (χ4n) is 1.64. The predicted molar refractivity (Wildman–Crippen MR) is 82.7 cm³/mol. The Bertz CT molecular complexity index is 528. The summed E-state index contributed by atoms with van der Waals surface area (Å²) in [5, 5.41) is 0. The molecule has 1 aromatic carbocycles. The van der Waals surface area contributed by atoms with Crippen LogP contribution in [0.2, 0.25) is 0 Å². The molecule has 0 amide bonds. The second kappa shape index (κ2) is 7.46. The third-order valence-corrected chi connectivity index (χ3v) is 4.26. The Hall–Kier alpha value is -1.13. The summed E-state index contributed by atoms with van der Waals surface area (Å²) >= 11 is 5.12. The van der Waals surface area contributed by atoms with Gasteiger partial charge in [0.05, 0.1) is 0 Å². The smallest absolute Gasteiger partial charge is 0.162 e. The number of halogens is 1. The van der Waals surface area contributed by atoms with Crippen LogP contribution in [0.25, 0.3) is 0 Å². The highest BCUT2D eigenvalue weighted by Crippen LogP contribution is 2.19. The molecule has 0 radical (unpaired) electrons. The molecule has 0 aliphatic rings. The van der Waals surface area contributed by atoms with E-state index >= 15 is 0 Å². The Morgan fingerprint density at radius 1 is 1.11 bits per heavy atom. The van der Waals surface area contributed by atoms with E-state index < -0.39 is 0 Å². The number of hydrogen-bond acceptors (Lipinski definition) is 3. The minimum atomic E-state index is 0.211. The summed E-state index contributed by atoms with van der Waals surface area (Å²) in [4.78, 5) is 17.1. The third-order valence-electron chi connectivity index (χ3n) is 2.63. The van der Waals surface area contributed by atoms with Gasteiger partial charge in [-0.05, 0) is 36.4 Å². The quantitative estimate of drug-likeness (QED) is 0.439. The maximum Gasteiger partial charge on any atom is 0.162 e. The van der Waals surface area contributed by atoms with Gasteiger partial charge in [0.25, 0.3) is 0 Å². The topological polar surface area (TPSA) is 30.0 Å². The van der Waals surface area contributed by atoms with Crippen molar-refractivity contribution in [1.29, 1.82) is 0 Å². The normalized spacial score (nSPS) is 10.4. The second-order valence-corrected chi connectivity index (χ2v) is 6.15. The zero-order chi connectivity index (χ0) is 13.5. The van der Waals surface area contributed by atoms with Crippen molar-refractivity contribution in [3.8, 4) is 0 Å². The average molecular weight is 336 g/mol. The van der Waals surface area contributed by atoms with Gasteiger partial charge in [-0.15, -0.1) is 11.8 Å². The lowest BCUT2D eigenvalue weighted by molar-refractivity contribution is 0.0982. The summed E-state index contributed by atoms with van der Waals surface area (Å²) in [6.07, 6.45) is 5.06. The minimum absolute atomic E-state index is 0.211. The number of hydrogen-bond donors (Lipinski definition) is 0. The Kier molecular flexibility index (Phi) is 5.61. The number of benzene rings is 1. The number of rotatable bonds is 6. The summed E-state index contributed by atoms with van der Waals surface area (Å²) in [5.41, 5.74) is 0.789. The van der Waals surface area contributed by atoms with Crippen molar-refractivity contribution >= 4 is 33.5 Å². The van der Waals surface area contributed by atoms with Crippen LogP contribution in [0.5, 0.6) is 0 Å². The van der Waals surface area contributed by atoms with Gasteiger partial charge in [0.1, 0.15) is 0 Å². The van der Waals surface area contributed by atoms with E-state index in [0.717, 1.165) is 22.2 Å². The average Bonchev–Trinajstić information content (AvgIpc) is 2.45. The highest BCUT2D eigenvalue weighted by Gasteiger charge is 2.05. The number of carbonyl (C=O) groups is 1. The molecule has 0 aliphatic heterocycles. The standard InChI is InChI=1S/C15H14BrNOS/c16-13-5-3-12(4-6-13)15(18)2-1-11-19-14-7-9-17-10-8-14/h3-10H,1-2,11H2. The molecule has 1 aromatic heterocycles. The van der Waals surface area contributed by atoms with E-state index in [9.17, 15) is 4.79 Å². The fraction of sp³-hybridized carbons (Fsp3) is 0.200. The molecule has 0 fully saturated rings. The first-order valence-electron chi connectivity index (χ1n) is 6.07. The van der Waals surface area contributed by atoms with Crippen LogP contribution < -0.4 is 0 Å². The number of aromatic nitrogens is 1. The van der Waals surface area contributed by atoms with Crippen LogP contribution in [0.4, 0.5) is 0 Å². The van der Waals surface area contributed by atoms with Crippen LogP contribution in [-0.2, 0) is 0 Å². The van der Waals surface area contributed by atoms with Crippen molar-refractivity contribution < 1.29 is 4.79 Å². The first-order valence-corrected chi connectivity index (χ1v) is 7.85. The lowest BCUT2D eigenvalue weighted by Gasteiger charge is -2.02. The van der Waals surface area contributed by atoms with E-state index in [-0.39, 0.29) is 5.78 Å². The van der Waals surface area contributed by atoms with Crippen LogP contribution in [0.3, 0.4) is 0 Å². The molecule has 0 spiro atoms. The summed E-state index contributed by atoms with van der Waals surface area (Å²) in [5.74, 6) is 1.16. The lowest BCUT2D eigenvalue weighted by atomic mass is 10.1. The molecular weight excluding hydrogens is 322 g/mol. The van der Waals surface area contributed by atoms with Crippen LogP contribution in [-0.4, -0.2) is 16.5 Å². The van der Waals surface area contributed by atoms with Crippen LogP contribution in [0.15, 0.2) is 58.2 Å². The first-order chi connectivity index (χ1) is 9.25. The van der Waals surface area contributed by atoms with Crippen molar-refractivity contribution in [3.63, 3.8) is 0 Å². The molecule has 2 aromatic rings. The Morgan fingerprint density at radius 2 is 1.79 bits per heavy atom. The summed E-state index contributed by atoms with van der Waals surface area (Å²) < 4.78 is 0.997. The first kappa shape index (κ1) is 14.3. The molecular formula is C15H14BrNOS. The van der Waals surface area contributed by atoms with E-state index in [2.05, 4.69) is 20.9 Å². The molecule has 2 nitrogen and oxygen atoms in total. The van der Waals surface area contributed by atoms with Crippen molar-refractivity contribution in [1.82, 2.24) is 4.98 Å². The second-order valence-electron chi connectivity index (χ2n) is 4.07. The van der Waals surface area contributed by atoms with Gasteiger partial charge in [-0.3, -0.25) is 9.78 Å². The van der Waals surface area contributed by atoms with Gasteiger partial charge in [-0.25, -0.2) is 0 Å². The van der Waals surface area contributed by atoms with E-state index in [1.807, 2.05) is 36.4 Å². The van der Waals surface area contributed by atoms with Crippen molar-refractivity contribution in [2.24, 2.45) is 0 Å².